The zero-order chi connectivity index (χ0) is 12.7. The van der Waals surface area contributed by atoms with E-state index in [1.54, 1.807) is 0 Å². The van der Waals surface area contributed by atoms with Crippen molar-refractivity contribution >= 4 is 5.91 Å². The first-order valence-electron chi connectivity index (χ1n) is 6.90. The highest BCUT2D eigenvalue weighted by molar-refractivity contribution is 5.79. The summed E-state index contributed by atoms with van der Waals surface area (Å²) >= 11 is 0. The Bertz CT molecular complexity index is 281. The van der Waals surface area contributed by atoms with Gasteiger partial charge in [0.05, 0.1) is 6.07 Å². The van der Waals surface area contributed by atoms with Crippen LogP contribution in [-0.2, 0) is 4.79 Å². The molecule has 0 heterocycles. The largest absolute Gasteiger partial charge is 0.338 e. The molecule has 0 aromatic heterocycles. The molecule has 0 aromatic carbocycles. The van der Waals surface area contributed by atoms with Crippen LogP contribution in [0.5, 0.6) is 0 Å². The Hall–Kier alpha value is -1.04. The van der Waals surface area contributed by atoms with E-state index in [9.17, 15) is 10.1 Å². The highest BCUT2D eigenvalue weighted by Crippen LogP contribution is 2.27. The Balaban J connectivity index is 2.67. The fraction of sp³-hybridized carbons (Fsp3) is 0.857. The number of carbonyl (C=O) groups excluding carboxylic acids is 1. The zero-order valence-electron chi connectivity index (χ0n) is 11.1. The first-order chi connectivity index (χ1) is 8.17. The number of hydrogen-bond acceptors (Lipinski definition) is 2. The number of nitrogens with one attached hydrogen (secondary N) is 1. The second-order valence-electron chi connectivity index (χ2n) is 5.11. The van der Waals surface area contributed by atoms with Crippen molar-refractivity contribution < 1.29 is 4.79 Å². The van der Waals surface area contributed by atoms with Crippen LogP contribution in [0, 0.1) is 17.2 Å². The van der Waals surface area contributed by atoms with Crippen molar-refractivity contribution in [3.8, 4) is 6.07 Å². The molecule has 1 N–H and O–H groups in total. The molecule has 96 valence electrons. The Morgan fingerprint density at radius 3 is 2.18 bits per heavy atom. The molecular weight excluding hydrogens is 212 g/mol. The van der Waals surface area contributed by atoms with Gasteiger partial charge in [0.15, 0.2) is 0 Å². The van der Waals surface area contributed by atoms with Gasteiger partial charge < -0.3 is 5.32 Å². The smallest absolute Gasteiger partial charge is 0.224 e. The van der Waals surface area contributed by atoms with Crippen molar-refractivity contribution in [2.45, 2.75) is 70.8 Å². The number of carbonyl (C=O) groups is 1. The third-order valence-electron chi connectivity index (χ3n) is 3.89. The van der Waals surface area contributed by atoms with E-state index < -0.39 is 5.54 Å². The van der Waals surface area contributed by atoms with Crippen LogP contribution in [0.15, 0.2) is 0 Å². The Morgan fingerprint density at radius 2 is 1.76 bits per heavy atom. The quantitative estimate of drug-likeness (QED) is 0.762. The molecule has 0 spiro atoms. The van der Waals surface area contributed by atoms with E-state index in [2.05, 4.69) is 11.4 Å². The molecule has 0 aromatic rings. The molecule has 0 unspecified atom stereocenters. The Morgan fingerprint density at radius 1 is 1.24 bits per heavy atom. The summed E-state index contributed by atoms with van der Waals surface area (Å²) < 4.78 is 0. The van der Waals surface area contributed by atoms with Crippen molar-refractivity contribution in [2.75, 3.05) is 0 Å². The molecule has 3 heteroatoms. The van der Waals surface area contributed by atoms with Gasteiger partial charge in [-0.3, -0.25) is 4.79 Å². The average molecular weight is 236 g/mol. The van der Waals surface area contributed by atoms with Gasteiger partial charge in [0, 0.05) is 5.92 Å². The fourth-order valence-corrected chi connectivity index (χ4v) is 2.59. The molecule has 0 atom stereocenters. The Kier molecular flexibility index (Phi) is 5.47. The lowest BCUT2D eigenvalue weighted by atomic mass is 9.90. The van der Waals surface area contributed by atoms with Crippen LogP contribution in [0.4, 0.5) is 0 Å². The topological polar surface area (TPSA) is 52.9 Å². The number of hydrogen-bond donors (Lipinski definition) is 1. The minimum absolute atomic E-state index is 0.0588. The predicted octanol–water partition coefficient (Wildman–Crippen LogP) is 3.16. The highest BCUT2D eigenvalue weighted by Gasteiger charge is 2.33. The van der Waals surface area contributed by atoms with Gasteiger partial charge in [-0.1, -0.05) is 39.5 Å². The summed E-state index contributed by atoms with van der Waals surface area (Å²) in [6.45, 7) is 4.06. The summed E-state index contributed by atoms with van der Waals surface area (Å²) in [5.41, 5.74) is -0.587. The van der Waals surface area contributed by atoms with E-state index in [4.69, 9.17) is 0 Å². The minimum atomic E-state index is -0.587. The fourth-order valence-electron chi connectivity index (χ4n) is 2.59. The zero-order valence-corrected chi connectivity index (χ0v) is 11.1. The molecule has 0 aliphatic heterocycles. The van der Waals surface area contributed by atoms with E-state index >= 15 is 0 Å². The summed E-state index contributed by atoms with van der Waals surface area (Å²) in [6, 6.07) is 2.36. The van der Waals surface area contributed by atoms with E-state index in [-0.39, 0.29) is 11.8 Å². The van der Waals surface area contributed by atoms with Gasteiger partial charge >= 0.3 is 0 Å². The standard InChI is InChI=1S/C14H24N2O/c1-3-12(4-2)13(17)16-14(11-15)9-7-5-6-8-10-14/h12H,3-10H2,1-2H3,(H,16,17). The molecule has 1 amide bonds. The molecule has 3 nitrogen and oxygen atoms in total. The third-order valence-corrected chi connectivity index (χ3v) is 3.89. The molecule has 0 saturated heterocycles. The van der Waals surface area contributed by atoms with Gasteiger partial charge in [-0.05, 0) is 25.7 Å². The van der Waals surface area contributed by atoms with Crippen LogP contribution in [0.25, 0.3) is 0 Å². The molecule has 0 bridgehead atoms. The molecule has 1 rings (SSSR count). The minimum Gasteiger partial charge on any atom is -0.338 e. The van der Waals surface area contributed by atoms with Crippen LogP contribution >= 0.6 is 0 Å². The second kappa shape index (κ2) is 6.64. The lowest BCUT2D eigenvalue weighted by molar-refractivity contribution is -0.126. The van der Waals surface area contributed by atoms with Crippen molar-refractivity contribution in [1.29, 1.82) is 5.26 Å². The van der Waals surface area contributed by atoms with E-state index in [0.717, 1.165) is 38.5 Å². The lowest BCUT2D eigenvalue weighted by Gasteiger charge is -2.28. The molecule has 1 aliphatic carbocycles. The van der Waals surface area contributed by atoms with Gasteiger partial charge in [0.2, 0.25) is 5.91 Å². The number of nitrogens with zero attached hydrogens (tertiary/aromatic N) is 1. The molecule has 0 radical (unpaired) electrons. The van der Waals surface area contributed by atoms with E-state index in [0.29, 0.717) is 0 Å². The maximum absolute atomic E-state index is 12.1. The Labute approximate surface area is 105 Å². The normalized spacial score (nSPS) is 19.4. The van der Waals surface area contributed by atoms with Crippen LogP contribution in [0.1, 0.15) is 65.2 Å². The van der Waals surface area contributed by atoms with Crippen molar-refractivity contribution in [3.63, 3.8) is 0 Å². The van der Waals surface area contributed by atoms with Crippen LogP contribution < -0.4 is 5.32 Å². The van der Waals surface area contributed by atoms with Crippen LogP contribution in [0.2, 0.25) is 0 Å². The maximum atomic E-state index is 12.1. The second-order valence-corrected chi connectivity index (χ2v) is 5.11. The van der Waals surface area contributed by atoms with Gasteiger partial charge in [0.1, 0.15) is 5.54 Å². The van der Waals surface area contributed by atoms with Crippen molar-refractivity contribution in [3.05, 3.63) is 0 Å². The summed E-state index contributed by atoms with van der Waals surface area (Å²) in [5.74, 6) is 0.127. The molecular formula is C14H24N2O. The lowest BCUT2D eigenvalue weighted by Crippen LogP contribution is -2.49. The average Bonchev–Trinajstić information content (AvgIpc) is 2.57. The highest BCUT2D eigenvalue weighted by atomic mass is 16.2. The maximum Gasteiger partial charge on any atom is 0.224 e. The van der Waals surface area contributed by atoms with E-state index in [1.807, 2.05) is 13.8 Å². The molecule has 17 heavy (non-hydrogen) atoms. The van der Waals surface area contributed by atoms with Crippen LogP contribution in [0.3, 0.4) is 0 Å². The predicted molar refractivity (Wildman–Crippen MR) is 68.3 cm³/mol. The van der Waals surface area contributed by atoms with Crippen molar-refractivity contribution in [1.82, 2.24) is 5.32 Å². The van der Waals surface area contributed by atoms with Gasteiger partial charge in [-0.15, -0.1) is 0 Å². The van der Waals surface area contributed by atoms with Crippen LogP contribution in [-0.4, -0.2) is 11.4 Å². The van der Waals surface area contributed by atoms with E-state index in [1.165, 1.54) is 12.8 Å². The summed E-state index contributed by atoms with van der Waals surface area (Å²) in [4.78, 5) is 12.1. The first kappa shape index (κ1) is 14.0. The number of nitriles is 1. The number of amides is 1. The summed E-state index contributed by atoms with van der Waals surface area (Å²) in [6.07, 6.45) is 7.81. The number of rotatable bonds is 4. The SMILES string of the molecule is CCC(CC)C(=O)NC1(C#N)CCCCCC1. The third kappa shape index (κ3) is 3.73. The monoisotopic (exact) mass is 236 g/mol. The summed E-state index contributed by atoms with van der Waals surface area (Å²) in [5, 5.41) is 12.4. The first-order valence-corrected chi connectivity index (χ1v) is 6.90. The van der Waals surface area contributed by atoms with Gasteiger partial charge in [0.25, 0.3) is 0 Å². The van der Waals surface area contributed by atoms with Gasteiger partial charge in [-0.2, -0.15) is 5.26 Å². The molecule has 1 fully saturated rings. The summed E-state index contributed by atoms with van der Waals surface area (Å²) in [7, 11) is 0. The molecule has 1 aliphatic rings. The van der Waals surface area contributed by atoms with Gasteiger partial charge in [-0.25, -0.2) is 0 Å². The van der Waals surface area contributed by atoms with Crippen molar-refractivity contribution in [2.24, 2.45) is 5.92 Å². The molecule has 1 saturated carbocycles.